The molecule has 5 aromatic rings. The molecule has 198 valence electrons. The minimum absolute atomic E-state index is 0.220. The van der Waals surface area contributed by atoms with Crippen molar-refractivity contribution < 1.29 is 19.1 Å². The summed E-state index contributed by atoms with van der Waals surface area (Å²) < 4.78 is 12.5. The first-order valence-electron chi connectivity index (χ1n) is 12.7. The fourth-order valence-electron chi connectivity index (χ4n) is 4.92. The predicted molar refractivity (Wildman–Crippen MR) is 164 cm³/mol. The molecule has 0 aliphatic carbocycles. The molecule has 0 bridgehead atoms. The van der Waals surface area contributed by atoms with Crippen LogP contribution in [0.1, 0.15) is 16.7 Å². The van der Waals surface area contributed by atoms with Gasteiger partial charge in [-0.15, -0.1) is 0 Å². The molecule has 0 aromatic heterocycles. The second kappa shape index (κ2) is 11.2. The maximum absolute atomic E-state index is 13.3. The van der Waals surface area contributed by atoms with E-state index in [1.54, 1.807) is 13.2 Å². The molecule has 1 saturated heterocycles. The van der Waals surface area contributed by atoms with Gasteiger partial charge in [0.1, 0.15) is 6.61 Å². The Labute approximate surface area is 244 Å². The van der Waals surface area contributed by atoms with Crippen molar-refractivity contribution >= 4 is 66.5 Å². The number of benzene rings is 5. The van der Waals surface area contributed by atoms with Crippen molar-refractivity contribution in [3.63, 3.8) is 0 Å². The van der Waals surface area contributed by atoms with Crippen LogP contribution in [0.2, 0.25) is 0 Å². The fourth-order valence-corrected chi connectivity index (χ4v) is 6.33. The summed E-state index contributed by atoms with van der Waals surface area (Å²) >= 11 is 4.56. The van der Waals surface area contributed by atoms with E-state index >= 15 is 0 Å². The van der Waals surface area contributed by atoms with Gasteiger partial charge in [-0.2, -0.15) is 0 Å². The minimum Gasteiger partial charge on any atom is -0.493 e. The van der Waals surface area contributed by atoms with Gasteiger partial charge in [0.15, 0.2) is 11.5 Å². The minimum atomic E-state index is -0.311. The molecule has 1 aliphatic rings. The average Bonchev–Trinajstić information content (AvgIpc) is 3.23. The third-order valence-corrected chi connectivity index (χ3v) is 8.38. The number of thioether (sulfide) groups is 1. The molecule has 1 heterocycles. The molecule has 1 fully saturated rings. The van der Waals surface area contributed by atoms with Gasteiger partial charge >= 0.3 is 0 Å². The Hall–Kier alpha value is -4.07. The molecule has 0 spiro atoms. The summed E-state index contributed by atoms with van der Waals surface area (Å²) in [5.41, 5.74) is 2.71. The molecule has 0 radical (unpaired) electrons. The van der Waals surface area contributed by atoms with Gasteiger partial charge in [-0.25, -0.2) is 0 Å². The molecule has 7 heteroatoms. The summed E-state index contributed by atoms with van der Waals surface area (Å²) in [6.07, 6.45) is 1.72. The van der Waals surface area contributed by atoms with Crippen molar-refractivity contribution in [2.75, 3.05) is 7.11 Å². The standard InChI is InChI=1S/C33H24BrNO4S/c1-38-29-17-21(16-28(34)31(29)39-20-25-13-7-11-23-9-3-5-15-27(23)25)18-30-32(36)35(33(37)40-30)19-24-12-6-10-22-8-2-4-14-26(22)24/h2-18H,19-20H2,1H3/b30-18-. The molecule has 0 unspecified atom stereocenters. The monoisotopic (exact) mass is 609 g/mol. The van der Waals surface area contributed by atoms with Gasteiger partial charge in [-0.05, 0) is 84.1 Å². The van der Waals surface area contributed by atoms with Crippen LogP contribution >= 0.6 is 27.7 Å². The number of methoxy groups -OCH3 is 1. The van der Waals surface area contributed by atoms with Gasteiger partial charge in [-0.1, -0.05) is 84.9 Å². The summed E-state index contributed by atoms with van der Waals surface area (Å²) in [5, 5.41) is 4.10. The maximum Gasteiger partial charge on any atom is 0.293 e. The lowest BCUT2D eigenvalue weighted by atomic mass is 10.0. The highest BCUT2D eigenvalue weighted by Gasteiger charge is 2.35. The number of fused-ring (bicyclic) bond motifs is 2. The van der Waals surface area contributed by atoms with Crippen LogP contribution in [0.15, 0.2) is 106 Å². The van der Waals surface area contributed by atoms with Crippen molar-refractivity contribution in [2.45, 2.75) is 13.2 Å². The van der Waals surface area contributed by atoms with Gasteiger partial charge in [0.25, 0.3) is 11.1 Å². The van der Waals surface area contributed by atoms with E-state index in [4.69, 9.17) is 9.47 Å². The predicted octanol–water partition coefficient (Wildman–Crippen LogP) is 8.58. The highest BCUT2D eigenvalue weighted by atomic mass is 79.9. The number of halogens is 1. The maximum atomic E-state index is 13.3. The summed E-state index contributed by atoms with van der Waals surface area (Å²) in [6, 6.07) is 31.9. The van der Waals surface area contributed by atoms with Crippen molar-refractivity contribution in [1.29, 1.82) is 0 Å². The topological polar surface area (TPSA) is 55.8 Å². The van der Waals surface area contributed by atoms with Gasteiger partial charge in [0.05, 0.1) is 23.0 Å². The van der Waals surface area contributed by atoms with Gasteiger partial charge in [0, 0.05) is 0 Å². The van der Waals surface area contributed by atoms with Crippen LogP contribution < -0.4 is 9.47 Å². The second-order valence-electron chi connectivity index (χ2n) is 9.37. The molecule has 1 aliphatic heterocycles. The van der Waals surface area contributed by atoms with Crippen LogP contribution in [0, 0.1) is 0 Å². The number of carbonyl (C=O) groups is 2. The van der Waals surface area contributed by atoms with Crippen molar-refractivity contribution in [1.82, 2.24) is 4.90 Å². The Morgan fingerprint density at radius 1 is 0.825 bits per heavy atom. The van der Waals surface area contributed by atoms with Crippen LogP contribution in [0.3, 0.4) is 0 Å². The number of amides is 2. The van der Waals surface area contributed by atoms with Crippen LogP contribution in [0.5, 0.6) is 11.5 Å². The second-order valence-corrected chi connectivity index (χ2v) is 11.2. The van der Waals surface area contributed by atoms with E-state index in [1.807, 2.05) is 78.9 Å². The lowest BCUT2D eigenvalue weighted by Gasteiger charge is -2.15. The molecular weight excluding hydrogens is 586 g/mol. The molecule has 0 atom stereocenters. The third-order valence-electron chi connectivity index (χ3n) is 6.88. The van der Waals surface area contributed by atoms with Crippen LogP contribution in [0.25, 0.3) is 27.6 Å². The first-order chi connectivity index (χ1) is 19.5. The Bertz CT molecular complexity index is 1810. The number of hydrogen-bond acceptors (Lipinski definition) is 5. The quantitative estimate of drug-likeness (QED) is 0.173. The third kappa shape index (κ3) is 5.10. The zero-order valence-electron chi connectivity index (χ0n) is 21.6. The highest BCUT2D eigenvalue weighted by molar-refractivity contribution is 9.10. The van der Waals surface area contributed by atoms with Crippen LogP contribution in [-0.4, -0.2) is 23.2 Å². The highest BCUT2D eigenvalue weighted by Crippen LogP contribution is 2.40. The van der Waals surface area contributed by atoms with Gasteiger partial charge in [-0.3, -0.25) is 14.5 Å². The largest absolute Gasteiger partial charge is 0.493 e. The molecule has 40 heavy (non-hydrogen) atoms. The number of nitrogens with zero attached hydrogens (tertiary/aromatic N) is 1. The molecule has 6 rings (SSSR count). The smallest absolute Gasteiger partial charge is 0.293 e. The molecular formula is C33H24BrNO4S. The summed E-state index contributed by atoms with van der Waals surface area (Å²) in [5.74, 6) is 0.779. The van der Waals surface area contributed by atoms with Crippen molar-refractivity contribution in [3.05, 3.63) is 123 Å². The number of imide groups is 1. The Morgan fingerprint density at radius 2 is 1.45 bits per heavy atom. The normalized spacial score (nSPS) is 14.4. The van der Waals surface area contributed by atoms with Crippen LogP contribution in [0.4, 0.5) is 4.79 Å². The summed E-state index contributed by atoms with van der Waals surface area (Å²) in [6.45, 7) is 0.583. The van der Waals surface area contributed by atoms with Crippen molar-refractivity contribution in [3.8, 4) is 11.5 Å². The van der Waals surface area contributed by atoms with E-state index in [0.29, 0.717) is 27.5 Å². The zero-order chi connectivity index (χ0) is 27.6. The first kappa shape index (κ1) is 26.2. The summed E-state index contributed by atoms with van der Waals surface area (Å²) in [7, 11) is 1.58. The Kier molecular flexibility index (Phi) is 7.32. The SMILES string of the molecule is COc1cc(/C=C2\SC(=O)N(Cc3cccc4ccccc34)C2=O)cc(Br)c1OCc1cccc2ccccc12. The number of carbonyl (C=O) groups excluding carboxylic acids is 2. The Morgan fingerprint density at radius 3 is 2.15 bits per heavy atom. The zero-order valence-corrected chi connectivity index (χ0v) is 24.0. The fraction of sp³-hybridized carbons (Fsp3) is 0.0909. The van der Waals surface area contributed by atoms with E-state index in [1.165, 1.54) is 4.90 Å². The molecule has 5 aromatic carbocycles. The summed E-state index contributed by atoms with van der Waals surface area (Å²) in [4.78, 5) is 27.8. The van der Waals surface area contributed by atoms with E-state index < -0.39 is 0 Å². The molecule has 2 amide bonds. The molecule has 0 N–H and O–H groups in total. The molecule has 5 nitrogen and oxygen atoms in total. The van der Waals surface area contributed by atoms with Crippen LogP contribution in [-0.2, 0) is 17.9 Å². The number of hydrogen-bond donors (Lipinski definition) is 0. The molecule has 0 saturated carbocycles. The Balaban J connectivity index is 1.23. The van der Waals surface area contributed by atoms with Gasteiger partial charge in [0.2, 0.25) is 0 Å². The van der Waals surface area contributed by atoms with E-state index in [-0.39, 0.29) is 17.7 Å². The van der Waals surface area contributed by atoms with Gasteiger partial charge < -0.3 is 9.47 Å². The first-order valence-corrected chi connectivity index (χ1v) is 14.3. The van der Waals surface area contributed by atoms with E-state index in [0.717, 1.165) is 50.0 Å². The lowest BCUT2D eigenvalue weighted by Crippen LogP contribution is -2.27. The number of ether oxygens (including phenoxy) is 2. The van der Waals surface area contributed by atoms with E-state index in [2.05, 4.69) is 34.1 Å². The van der Waals surface area contributed by atoms with E-state index in [9.17, 15) is 9.59 Å². The number of rotatable bonds is 7. The lowest BCUT2D eigenvalue weighted by molar-refractivity contribution is -0.123. The van der Waals surface area contributed by atoms with Crippen molar-refractivity contribution in [2.24, 2.45) is 0 Å². The average molecular weight is 611 g/mol.